The molecule has 124 valence electrons. The van der Waals surface area contributed by atoms with E-state index >= 15 is 0 Å². The van der Waals surface area contributed by atoms with Crippen molar-refractivity contribution in [2.45, 2.75) is 38.1 Å². The highest BCUT2D eigenvalue weighted by Crippen LogP contribution is 2.28. The summed E-state index contributed by atoms with van der Waals surface area (Å²) in [5, 5.41) is 12.0. The van der Waals surface area contributed by atoms with Gasteiger partial charge in [0.1, 0.15) is 5.54 Å². The summed E-state index contributed by atoms with van der Waals surface area (Å²) in [4.78, 5) is 23.4. The molecule has 1 aliphatic rings. The average molecular weight is 333 g/mol. The highest BCUT2D eigenvalue weighted by atomic mass is 32.2. The number of hydrogen-bond acceptors (Lipinski definition) is 3. The van der Waals surface area contributed by atoms with Crippen molar-refractivity contribution in [3.8, 4) is 0 Å². The summed E-state index contributed by atoms with van der Waals surface area (Å²) in [7, 11) is 0. The van der Waals surface area contributed by atoms with E-state index in [1.54, 1.807) is 17.8 Å². The molecule has 2 rings (SSSR count). The molecule has 1 saturated heterocycles. The Kier molecular flexibility index (Phi) is 5.88. The van der Waals surface area contributed by atoms with Gasteiger partial charge in [0.2, 0.25) is 5.91 Å². The third-order valence-electron chi connectivity index (χ3n) is 4.03. The second-order valence-corrected chi connectivity index (χ2v) is 7.27. The van der Waals surface area contributed by atoms with E-state index in [1.807, 2.05) is 18.2 Å². The molecule has 1 fully saturated rings. The Bertz CT molecular complexity index is 587. The molecule has 0 aliphatic carbocycles. The van der Waals surface area contributed by atoms with Crippen LogP contribution in [-0.4, -0.2) is 34.0 Å². The number of rotatable bonds is 6. The third-order valence-corrected chi connectivity index (χ3v) is 5.22. The van der Waals surface area contributed by atoms with Gasteiger partial charge in [0.25, 0.3) is 0 Å². The number of hydrogen-bond donors (Lipinski definition) is 2. The second kappa shape index (κ2) is 7.68. The monoisotopic (exact) mass is 333 g/mol. The molecule has 1 aromatic carbocycles. The average Bonchev–Trinajstić information content (AvgIpc) is 2.97. The minimum Gasteiger partial charge on any atom is -0.479 e. The highest BCUT2D eigenvalue weighted by molar-refractivity contribution is 7.99. The van der Waals surface area contributed by atoms with E-state index in [4.69, 9.17) is 0 Å². The number of nitrogens with one attached hydrogen (secondary N) is 1. The van der Waals surface area contributed by atoms with E-state index in [0.717, 1.165) is 11.3 Å². The van der Waals surface area contributed by atoms with Gasteiger partial charge in [-0.3, -0.25) is 4.79 Å². The molecule has 1 unspecified atom stereocenters. The zero-order chi connectivity index (χ0) is 16.9. The van der Waals surface area contributed by atoms with Crippen LogP contribution < -0.4 is 5.32 Å². The molecule has 2 N–H and O–H groups in total. The maximum absolute atomic E-state index is 12.0. The van der Waals surface area contributed by atoms with Crippen LogP contribution in [0.3, 0.4) is 0 Å². The molecule has 0 bridgehead atoms. The van der Waals surface area contributed by atoms with E-state index in [9.17, 15) is 14.7 Å². The number of benzene rings is 1. The van der Waals surface area contributed by atoms with Gasteiger partial charge < -0.3 is 10.4 Å². The molecule has 0 radical (unpaired) electrons. The Morgan fingerprint density at radius 2 is 2.04 bits per heavy atom. The van der Waals surface area contributed by atoms with E-state index in [0.29, 0.717) is 18.1 Å². The SMILES string of the molecule is CC(C)c1ccc(/C=C/CC(=O)NC2(C(=O)O)CCSC2)cc1. The number of amides is 1. The fourth-order valence-corrected chi connectivity index (χ4v) is 3.82. The number of carboxylic acid groups (broad SMARTS) is 1. The molecule has 1 heterocycles. The maximum atomic E-state index is 12.0. The maximum Gasteiger partial charge on any atom is 0.330 e. The van der Waals surface area contributed by atoms with Crippen LogP contribution in [0.25, 0.3) is 6.08 Å². The zero-order valence-corrected chi connectivity index (χ0v) is 14.4. The first-order valence-electron chi connectivity index (χ1n) is 7.81. The summed E-state index contributed by atoms with van der Waals surface area (Å²) in [6.45, 7) is 4.30. The lowest BCUT2D eigenvalue weighted by Gasteiger charge is -2.24. The van der Waals surface area contributed by atoms with Crippen molar-refractivity contribution in [3.05, 3.63) is 41.5 Å². The predicted molar refractivity (Wildman–Crippen MR) is 94.6 cm³/mol. The van der Waals surface area contributed by atoms with Crippen molar-refractivity contribution in [2.24, 2.45) is 0 Å². The van der Waals surface area contributed by atoms with Crippen LogP contribution in [0.2, 0.25) is 0 Å². The molecule has 23 heavy (non-hydrogen) atoms. The highest BCUT2D eigenvalue weighted by Gasteiger charge is 2.42. The first kappa shape index (κ1) is 17.6. The van der Waals surface area contributed by atoms with Crippen molar-refractivity contribution in [1.29, 1.82) is 0 Å². The second-order valence-electron chi connectivity index (χ2n) is 6.17. The Balaban J connectivity index is 1.89. The Morgan fingerprint density at radius 3 is 2.57 bits per heavy atom. The Hall–Kier alpha value is -1.75. The largest absolute Gasteiger partial charge is 0.479 e. The molecule has 1 atom stereocenters. The Labute approximate surface area is 141 Å². The van der Waals surface area contributed by atoms with E-state index in [1.165, 1.54) is 5.56 Å². The predicted octanol–water partition coefficient (Wildman–Crippen LogP) is 3.29. The summed E-state index contributed by atoms with van der Waals surface area (Å²) >= 11 is 1.56. The summed E-state index contributed by atoms with van der Waals surface area (Å²) < 4.78 is 0. The standard InChI is InChI=1S/C18H23NO3S/c1-13(2)15-8-6-14(7-9-15)4-3-5-16(20)19-18(17(21)22)10-11-23-12-18/h3-4,6-9,13H,5,10-12H2,1-2H3,(H,19,20)(H,21,22)/b4-3+. The first-order chi connectivity index (χ1) is 10.9. The topological polar surface area (TPSA) is 66.4 Å². The molecule has 1 amide bonds. The lowest BCUT2D eigenvalue weighted by atomic mass is 9.99. The molecular formula is C18H23NO3S. The molecule has 0 aromatic heterocycles. The van der Waals surface area contributed by atoms with Gasteiger partial charge in [-0.1, -0.05) is 50.3 Å². The fourth-order valence-electron chi connectivity index (χ4n) is 2.50. The minimum atomic E-state index is -1.09. The van der Waals surface area contributed by atoms with Gasteiger partial charge in [-0.05, 0) is 29.2 Å². The summed E-state index contributed by atoms with van der Waals surface area (Å²) in [6, 6.07) is 8.21. The number of thioether (sulfide) groups is 1. The number of carbonyl (C=O) groups is 2. The van der Waals surface area contributed by atoms with Crippen LogP contribution in [-0.2, 0) is 9.59 Å². The fraction of sp³-hybridized carbons (Fsp3) is 0.444. The molecule has 5 heteroatoms. The van der Waals surface area contributed by atoms with Gasteiger partial charge >= 0.3 is 5.97 Å². The van der Waals surface area contributed by atoms with Crippen LogP contribution in [0, 0.1) is 0 Å². The van der Waals surface area contributed by atoms with Crippen LogP contribution in [0.1, 0.15) is 43.7 Å². The van der Waals surface area contributed by atoms with Gasteiger partial charge in [0, 0.05) is 12.2 Å². The minimum absolute atomic E-state index is 0.186. The number of carbonyl (C=O) groups excluding carboxylic acids is 1. The van der Waals surface area contributed by atoms with Crippen molar-refractivity contribution in [1.82, 2.24) is 5.32 Å². The van der Waals surface area contributed by atoms with Gasteiger partial charge in [-0.2, -0.15) is 11.8 Å². The normalized spacial score (nSPS) is 21.0. The molecule has 4 nitrogen and oxygen atoms in total. The van der Waals surface area contributed by atoms with Crippen LogP contribution in [0.15, 0.2) is 30.3 Å². The van der Waals surface area contributed by atoms with Crippen LogP contribution >= 0.6 is 11.8 Å². The van der Waals surface area contributed by atoms with Crippen LogP contribution in [0.4, 0.5) is 0 Å². The van der Waals surface area contributed by atoms with Crippen molar-refractivity contribution in [3.63, 3.8) is 0 Å². The van der Waals surface area contributed by atoms with Crippen LogP contribution in [0.5, 0.6) is 0 Å². The summed E-state index contributed by atoms with van der Waals surface area (Å²) in [6.07, 6.45) is 4.34. The van der Waals surface area contributed by atoms with E-state index < -0.39 is 11.5 Å². The van der Waals surface area contributed by atoms with E-state index in [-0.39, 0.29) is 12.3 Å². The van der Waals surface area contributed by atoms with Gasteiger partial charge in [-0.15, -0.1) is 0 Å². The zero-order valence-electron chi connectivity index (χ0n) is 13.5. The van der Waals surface area contributed by atoms with E-state index in [2.05, 4.69) is 31.3 Å². The molecular weight excluding hydrogens is 310 g/mol. The smallest absolute Gasteiger partial charge is 0.330 e. The molecule has 1 aromatic rings. The van der Waals surface area contributed by atoms with Gasteiger partial charge in [0.15, 0.2) is 0 Å². The van der Waals surface area contributed by atoms with Crippen molar-refractivity contribution in [2.75, 3.05) is 11.5 Å². The summed E-state index contributed by atoms with van der Waals surface area (Å²) in [5.74, 6) is 0.517. The number of aliphatic carboxylic acids is 1. The lowest BCUT2D eigenvalue weighted by Crippen LogP contribution is -2.54. The van der Waals surface area contributed by atoms with Crippen molar-refractivity contribution >= 4 is 29.7 Å². The quantitative estimate of drug-likeness (QED) is 0.838. The third kappa shape index (κ3) is 4.61. The van der Waals surface area contributed by atoms with Crippen molar-refractivity contribution < 1.29 is 14.7 Å². The molecule has 0 spiro atoms. The first-order valence-corrected chi connectivity index (χ1v) is 8.97. The molecule has 1 aliphatic heterocycles. The Morgan fingerprint density at radius 1 is 1.35 bits per heavy atom. The molecule has 0 saturated carbocycles. The van der Waals surface area contributed by atoms with Gasteiger partial charge in [0.05, 0.1) is 0 Å². The summed E-state index contributed by atoms with van der Waals surface area (Å²) in [5.41, 5.74) is 1.22. The van der Waals surface area contributed by atoms with Gasteiger partial charge in [-0.25, -0.2) is 4.79 Å². The number of carboxylic acids is 1. The lowest BCUT2D eigenvalue weighted by molar-refractivity contribution is -0.146.